The largest absolute Gasteiger partial charge is 0.314 e. The second-order valence-corrected chi connectivity index (χ2v) is 7.30. The summed E-state index contributed by atoms with van der Waals surface area (Å²) in [5.74, 6) is 2.11. The summed E-state index contributed by atoms with van der Waals surface area (Å²) in [6.45, 7) is 7.98. The minimum absolute atomic E-state index is 0.532. The lowest BCUT2D eigenvalue weighted by Gasteiger charge is -2.33. The van der Waals surface area contributed by atoms with Gasteiger partial charge < -0.3 is 5.32 Å². The number of rotatable bonds is 5. The van der Waals surface area contributed by atoms with E-state index in [4.69, 9.17) is 0 Å². The van der Waals surface area contributed by atoms with E-state index in [2.05, 4.69) is 50.4 Å². The van der Waals surface area contributed by atoms with Crippen molar-refractivity contribution in [3.8, 4) is 0 Å². The first kappa shape index (κ1) is 13.2. The van der Waals surface area contributed by atoms with Gasteiger partial charge in [0.15, 0.2) is 0 Å². The Hall–Kier alpha value is -0.820. The van der Waals surface area contributed by atoms with Crippen molar-refractivity contribution in [2.45, 2.75) is 52.5 Å². The highest BCUT2D eigenvalue weighted by Gasteiger charge is 2.53. The lowest BCUT2D eigenvalue weighted by atomic mass is 9.76. The van der Waals surface area contributed by atoms with Crippen molar-refractivity contribution in [1.29, 1.82) is 0 Å². The van der Waals surface area contributed by atoms with Crippen LogP contribution in [0.25, 0.3) is 0 Å². The van der Waals surface area contributed by atoms with Gasteiger partial charge in [-0.1, -0.05) is 38.1 Å². The zero-order valence-electron chi connectivity index (χ0n) is 12.6. The Morgan fingerprint density at radius 3 is 2.53 bits per heavy atom. The summed E-state index contributed by atoms with van der Waals surface area (Å²) in [5.41, 5.74) is 3.56. The number of fused-ring (bicyclic) bond motifs is 1. The van der Waals surface area contributed by atoms with Crippen molar-refractivity contribution in [1.82, 2.24) is 5.32 Å². The maximum Gasteiger partial charge on any atom is 0.00136 e. The molecule has 0 saturated heterocycles. The molecule has 1 nitrogen and oxygen atoms in total. The molecule has 2 unspecified atom stereocenters. The summed E-state index contributed by atoms with van der Waals surface area (Å²) in [4.78, 5) is 0. The van der Waals surface area contributed by atoms with Gasteiger partial charge in [0.2, 0.25) is 0 Å². The molecule has 1 aromatic rings. The first-order chi connectivity index (χ1) is 9.08. The van der Waals surface area contributed by atoms with Crippen LogP contribution in [0.2, 0.25) is 0 Å². The molecule has 2 atom stereocenters. The van der Waals surface area contributed by atoms with Crippen LogP contribution in [0.3, 0.4) is 0 Å². The van der Waals surface area contributed by atoms with Crippen LogP contribution in [0, 0.1) is 24.2 Å². The number of hydrogen-bond donors (Lipinski definition) is 1. The second-order valence-electron chi connectivity index (χ2n) is 7.30. The Kier molecular flexibility index (Phi) is 3.42. The van der Waals surface area contributed by atoms with Crippen LogP contribution in [0.1, 0.15) is 44.2 Å². The molecule has 2 aliphatic carbocycles. The maximum absolute atomic E-state index is 3.71. The van der Waals surface area contributed by atoms with E-state index in [0.29, 0.717) is 11.5 Å². The van der Waals surface area contributed by atoms with Crippen LogP contribution in [0.5, 0.6) is 0 Å². The molecule has 19 heavy (non-hydrogen) atoms. The SMILES string of the molecule is Cc1ccccc1CC1(CNC(C)C)CC2CC2C1. The normalized spacial score (nSPS) is 32.6. The second kappa shape index (κ2) is 4.94. The quantitative estimate of drug-likeness (QED) is 0.842. The highest BCUT2D eigenvalue weighted by molar-refractivity contribution is 5.27. The molecule has 2 fully saturated rings. The number of benzene rings is 1. The van der Waals surface area contributed by atoms with E-state index in [0.717, 1.165) is 11.8 Å². The van der Waals surface area contributed by atoms with Crippen LogP contribution in [0.4, 0.5) is 0 Å². The highest BCUT2D eigenvalue weighted by Crippen LogP contribution is 2.60. The van der Waals surface area contributed by atoms with Crippen molar-refractivity contribution >= 4 is 0 Å². The standard InChI is InChI=1S/C18H27N/c1-13(2)19-12-18(10-16-8-17(16)11-18)9-15-7-5-4-6-14(15)3/h4-7,13,16-17,19H,8-12H2,1-3H3. The Bertz CT molecular complexity index is 439. The van der Waals surface area contributed by atoms with Crippen LogP contribution in [-0.4, -0.2) is 12.6 Å². The summed E-state index contributed by atoms with van der Waals surface area (Å²) >= 11 is 0. The molecule has 2 saturated carbocycles. The third kappa shape index (κ3) is 2.86. The van der Waals surface area contributed by atoms with E-state index in [1.807, 2.05) is 0 Å². The molecule has 2 aliphatic rings. The van der Waals surface area contributed by atoms with Gasteiger partial charge in [-0.25, -0.2) is 0 Å². The average molecular weight is 257 g/mol. The molecule has 0 bridgehead atoms. The van der Waals surface area contributed by atoms with Gasteiger partial charge >= 0.3 is 0 Å². The molecule has 1 heteroatoms. The van der Waals surface area contributed by atoms with E-state index in [1.165, 1.54) is 37.8 Å². The van der Waals surface area contributed by atoms with Gasteiger partial charge in [-0.15, -0.1) is 0 Å². The Balaban J connectivity index is 1.74. The predicted octanol–water partition coefficient (Wildman–Crippen LogP) is 3.95. The summed E-state index contributed by atoms with van der Waals surface area (Å²) in [5, 5.41) is 3.71. The smallest absolute Gasteiger partial charge is 0.00136 e. The summed E-state index contributed by atoms with van der Waals surface area (Å²) < 4.78 is 0. The molecule has 1 aromatic carbocycles. The number of nitrogens with one attached hydrogen (secondary N) is 1. The molecule has 0 aliphatic heterocycles. The molecule has 0 radical (unpaired) electrons. The van der Waals surface area contributed by atoms with Crippen molar-refractivity contribution in [2.75, 3.05) is 6.54 Å². The van der Waals surface area contributed by atoms with Crippen LogP contribution >= 0.6 is 0 Å². The van der Waals surface area contributed by atoms with Crippen LogP contribution < -0.4 is 5.32 Å². The van der Waals surface area contributed by atoms with Crippen molar-refractivity contribution in [2.24, 2.45) is 17.3 Å². The zero-order valence-corrected chi connectivity index (χ0v) is 12.6. The third-order valence-corrected chi connectivity index (χ3v) is 5.17. The lowest BCUT2D eigenvalue weighted by Crippen LogP contribution is -2.38. The number of aryl methyl sites for hydroxylation is 1. The van der Waals surface area contributed by atoms with Gasteiger partial charge in [-0.05, 0) is 61.0 Å². The topological polar surface area (TPSA) is 12.0 Å². The van der Waals surface area contributed by atoms with E-state index in [9.17, 15) is 0 Å². The van der Waals surface area contributed by atoms with Gasteiger partial charge in [0.25, 0.3) is 0 Å². The molecule has 0 amide bonds. The summed E-state index contributed by atoms with van der Waals surface area (Å²) in [7, 11) is 0. The monoisotopic (exact) mass is 257 g/mol. The lowest BCUT2D eigenvalue weighted by molar-refractivity contribution is 0.241. The molecule has 0 spiro atoms. The molecule has 1 N–H and O–H groups in total. The van der Waals surface area contributed by atoms with Crippen LogP contribution in [-0.2, 0) is 6.42 Å². The van der Waals surface area contributed by atoms with Gasteiger partial charge in [0, 0.05) is 12.6 Å². The maximum atomic E-state index is 3.71. The van der Waals surface area contributed by atoms with Crippen molar-refractivity contribution in [3.05, 3.63) is 35.4 Å². The van der Waals surface area contributed by atoms with Crippen LogP contribution in [0.15, 0.2) is 24.3 Å². The Morgan fingerprint density at radius 1 is 1.21 bits per heavy atom. The molecule has 104 valence electrons. The van der Waals surface area contributed by atoms with E-state index in [-0.39, 0.29) is 0 Å². The fourth-order valence-electron chi connectivity index (χ4n) is 3.99. The summed E-state index contributed by atoms with van der Waals surface area (Å²) in [6, 6.07) is 9.54. The molecule has 0 heterocycles. The highest BCUT2D eigenvalue weighted by atomic mass is 14.9. The van der Waals surface area contributed by atoms with E-state index < -0.39 is 0 Å². The Labute approximate surface area is 117 Å². The minimum Gasteiger partial charge on any atom is -0.314 e. The fourth-order valence-corrected chi connectivity index (χ4v) is 3.99. The summed E-state index contributed by atoms with van der Waals surface area (Å²) in [6.07, 6.45) is 5.68. The molecule has 0 aromatic heterocycles. The number of hydrogen-bond acceptors (Lipinski definition) is 1. The predicted molar refractivity (Wildman–Crippen MR) is 81.3 cm³/mol. The zero-order chi connectivity index (χ0) is 13.5. The molecular weight excluding hydrogens is 230 g/mol. The van der Waals surface area contributed by atoms with Gasteiger partial charge in [0.1, 0.15) is 0 Å². The molecular formula is C18H27N. The average Bonchev–Trinajstić information content (AvgIpc) is 2.99. The van der Waals surface area contributed by atoms with Gasteiger partial charge in [-0.3, -0.25) is 0 Å². The first-order valence-corrected chi connectivity index (χ1v) is 7.86. The third-order valence-electron chi connectivity index (χ3n) is 5.17. The van der Waals surface area contributed by atoms with Crippen molar-refractivity contribution in [3.63, 3.8) is 0 Å². The van der Waals surface area contributed by atoms with E-state index >= 15 is 0 Å². The van der Waals surface area contributed by atoms with Gasteiger partial charge in [0.05, 0.1) is 0 Å². The van der Waals surface area contributed by atoms with Crippen molar-refractivity contribution < 1.29 is 0 Å². The van der Waals surface area contributed by atoms with Gasteiger partial charge in [-0.2, -0.15) is 0 Å². The minimum atomic E-state index is 0.532. The first-order valence-electron chi connectivity index (χ1n) is 7.86. The fraction of sp³-hybridized carbons (Fsp3) is 0.667. The van der Waals surface area contributed by atoms with E-state index in [1.54, 1.807) is 5.56 Å². The Morgan fingerprint density at radius 2 is 1.89 bits per heavy atom. The molecule has 3 rings (SSSR count).